The van der Waals surface area contributed by atoms with E-state index >= 15 is 0 Å². The van der Waals surface area contributed by atoms with Crippen LogP contribution in [-0.2, 0) is 9.59 Å². The Kier molecular flexibility index (Phi) is 6.11. The van der Waals surface area contributed by atoms with Gasteiger partial charge in [0.2, 0.25) is 11.8 Å². The number of hydrogen-bond acceptors (Lipinski definition) is 3. The summed E-state index contributed by atoms with van der Waals surface area (Å²) in [5.41, 5.74) is 1.13. The third kappa shape index (κ3) is 4.66. The molecule has 1 aliphatic rings. The molecule has 2 amide bonds. The van der Waals surface area contributed by atoms with Crippen molar-refractivity contribution >= 4 is 22.6 Å². The topological polar surface area (TPSA) is 52.7 Å². The van der Waals surface area contributed by atoms with Crippen molar-refractivity contribution in [3.63, 3.8) is 0 Å². The summed E-state index contributed by atoms with van der Waals surface area (Å²) in [5, 5.41) is 5.47. The molecule has 0 saturated carbocycles. The van der Waals surface area contributed by atoms with Crippen molar-refractivity contribution in [2.24, 2.45) is 5.92 Å². The molecule has 2 aromatic carbocycles. The Morgan fingerprint density at radius 1 is 1.19 bits per heavy atom. The minimum Gasteiger partial charge on any atom is -0.349 e. The molecule has 1 heterocycles. The molecule has 5 nitrogen and oxygen atoms in total. The lowest BCUT2D eigenvalue weighted by Crippen LogP contribution is -2.46. The number of carbonyl (C=O) groups excluding carboxylic acids is 2. The maximum absolute atomic E-state index is 12.6. The third-order valence-electron chi connectivity index (χ3n) is 5.33. The molecule has 1 fully saturated rings. The summed E-state index contributed by atoms with van der Waals surface area (Å²) in [6, 6.07) is 14.4. The minimum absolute atomic E-state index is 0.00274. The average molecular weight is 367 g/mol. The van der Waals surface area contributed by atoms with Gasteiger partial charge in [0.05, 0.1) is 18.5 Å². The predicted octanol–water partition coefficient (Wildman–Crippen LogP) is 2.82. The Balaban J connectivity index is 1.61. The fourth-order valence-corrected chi connectivity index (χ4v) is 3.96. The second-order valence-corrected chi connectivity index (χ2v) is 7.66. The molecule has 2 unspecified atom stereocenters. The summed E-state index contributed by atoms with van der Waals surface area (Å²) < 4.78 is 0. The summed E-state index contributed by atoms with van der Waals surface area (Å²) in [4.78, 5) is 28.6. The van der Waals surface area contributed by atoms with Gasteiger partial charge in [-0.2, -0.15) is 0 Å². The van der Waals surface area contributed by atoms with Crippen LogP contribution < -0.4 is 5.32 Å². The van der Waals surface area contributed by atoms with Gasteiger partial charge in [-0.25, -0.2) is 0 Å². The van der Waals surface area contributed by atoms with Gasteiger partial charge in [-0.3, -0.25) is 14.5 Å². The molecule has 144 valence electrons. The van der Waals surface area contributed by atoms with Crippen LogP contribution in [0.4, 0.5) is 0 Å². The standard InChI is InChI=1S/C22H29N3O2/c1-16(19-12-6-9-17-8-4-5-11-20(17)19)23-21(26)15-25-13-7-10-18(14-25)22(27)24(2)3/h4-6,8-9,11-12,16,18H,7,10,13-15H2,1-3H3,(H,23,26). The average Bonchev–Trinajstić information content (AvgIpc) is 2.66. The molecule has 1 aliphatic heterocycles. The molecule has 5 heteroatoms. The van der Waals surface area contributed by atoms with E-state index in [0.29, 0.717) is 13.1 Å². The quantitative estimate of drug-likeness (QED) is 0.884. The van der Waals surface area contributed by atoms with E-state index in [4.69, 9.17) is 0 Å². The summed E-state index contributed by atoms with van der Waals surface area (Å²) in [6.07, 6.45) is 1.86. The van der Waals surface area contributed by atoms with Gasteiger partial charge in [0, 0.05) is 20.6 Å². The normalized spacial score (nSPS) is 18.9. The first-order chi connectivity index (χ1) is 13.0. The molecule has 0 aliphatic carbocycles. The van der Waals surface area contributed by atoms with Gasteiger partial charge >= 0.3 is 0 Å². The molecule has 3 rings (SSSR count). The largest absolute Gasteiger partial charge is 0.349 e. The summed E-state index contributed by atoms with van der Waals surface area (Å²) in [7, 11) is 3.58. The number of fused-ring (bicyclic) bond motifs is 1. The first-order valence-electron chi connectivity index (χ1n) is 9.66. The summed E-state index contributed by atoms with van der Waals surface area (Å²) in [5.74, 6) is 0.162. The molecule has 0 radical (unpaired) electrons. The number of nitrogens with one attached hydrogen (secondary N) is 1. The second-order valence-electron chi connectivity index (χ2n) is 7.66. The van der Waals surface area contributed by atoms with Crippen LogP contribution in [0.3, 0.4) is 0 Å². The molecule has 1 saturated heterocycles. The molecule has 2 atom stereocenters. The fraction of sp³-hybridized carbons (Fsp3) is 0.455. The van der Waals surface area contributed by atoms with Gasteiger partial charge in [0.15, 0.2) is 0 Å². The lowest BCUT2D eigenvalue weighted by molar-refractivity contribution is -0.135. The van der Waals surface area contributed by atoms with Gasteiger partial charge < -0.3 is 10.2 Å². The van der Waals surface area contributed by atoms with Crippen molar-refractivity contribution in [2.75, 3.05) is 33.7 Å². The third-order valence-corrected chi connectivity index (χ3v) is 5.33. The minimum atomic E-state index is -0.0624. The molecular formula is C22H29N3O2. The van der Waals surface area contributed by atoms with E-state index in [9.17, 15) is 9.59 Å². The van der Waals surface area contributed by atoms with Crippen molar-refractivity contribution in [1.82, 2.24) is 15.1 Å². The zero-order valence-corrected chi connectivity index (χ0v) is 16.4. The first kappa shape index (κ1) is 19.4. The van der Waals surface area contributed by atoms with E-state index in [-0.39, 0.29) is 23.8 Å². The first-order valence-corrected chi connectivity index (χ1v) is 9.66. The molecule has 2 aromatic rings. The Morgan fingerprint density at radius 2 is 1.93 bits per heavy atom. The van der Waals surface area contributed by atoms with Crippen LogP contribution in [0.15, 0.2) is 42.5 Å². The summed E-state index contributed by atoms with van der Waals surface area (Å²) >= 11 is 0. The second kappa shape index (κ2) is 8.53. The predicted molar refractivity (Wildman–Crippen MR) is 108 cm³/mol. The highest BCUT2D eigenvalue weighted by Gasteiger charge is 2.28. The smallest absolute Gasteiger partial charge is 0.234 e. The van der Waals surface area contributed by atoms with Gasteiger partial charge in [-0.1, -0.05) is 42.5 Å². The van der Waals surface area contributed by atoms with Crippen molar-refractivity contribution in [2.45, 2.75) is 25.8 Å². The Labute approximate surface area is 161 Å². The molecule has 0 bridgehead atoms. The number of piperidine rings is 1. The van der Waals surface area contributed by atoms with Crippen molar-refractivity contribution < 1.29 is 9.59 Å². The van der Waals surface area contributed by atoms with Crippen LogP contribution in [0.5, 0.6) is 0 Å². The number of nitrogens with zero attached hydrogens (tertiary/aromatic N) is 2. The number of carbonyl (C=O) groups is 2. The molecule has 0 aromatic heterocycles. The number of amides is 2. The summed E-state index contributed by atoms with van der Waals surface area (Å²) in [6.45, 7) is 3.89. The van der Waals surface area contributed by atoms with E-state index in [1.807, 2.05) is 25.1 Å². The van der Waals surface area contributed by atoms with E-state index in [1.54, 1.807) is 19.0 Å². The highest BCUT2D eigenvalue weighted by molar-refractivity contribution is 5.87. The molecular weight excluding hydrogens is 338 g/mol. The molecule has 0 spiro atoms. The van der Waals surface area contributed by atoms with E-state index in [1.165, 1.54) is 10.8 Å². The van der Waals surface area contributed by atoms with Crippen LogP contribution in [-0.4, -0.2) is 55.3 Å². The van der Waals surface area contributed by atoms with Gasteiger partial charge in [0.1, 0.15) is 0 Å². The zero-order valence-electron chi connectivity index (χ0n) is 16.4. The Hall–Kier alpha value is -2.40. The van der Waals surface area contributed by atoms with E-state index in [2.05, 4.69) is 34.5 Å². The number of rotatable bonds is 5. The van der Waals surface area contributed by atoms with Crippen molar-refractivity contribution in [3.05, 3.63) is 48.0 Å². The lowest BCUT2D eigenvalue weighted by atomic mass is 9.96. The maximum Gasteiger partial charge on any atom is 0.234 e. The molecule has 27 heavy (non-hydrogen) atoms. The Bertz CT molecular complexity index is 813. The van der Waals surface area contributed by atoms with Crippen LogP contribution in [0.25, 0.3) is 10.8 Å². The molecule has 1 N–H and O–H groups in total. The van der Waals surface area contributed by atoms with Gasteiger partial charge in [-0.05, 0) is 42.6 Å². The van der Waals surface area contributed by atoms with E-state index in [0.717, 1.165) is 24.9 Å². The highest BCUT2D eigenvalue weighted by atomic mass is 16.2. The van der Waals surface area contributed by atoms with Crippen molar-refractivity contribution in [1.29, 1.82) is 0 Å². The lowest BCUT2D eigenvalue weighted by Gasteiger charge is -2.33. The van der Waals surface area contributed by atoms with Crippen LogP contribution in [0.1, 0.15) is 31.4 Å². The fourth-order valence-electron chi connectivity index (χ4n) is 3.96. The number of hydrogen-bond donors (Lipinski definition) is 1. The zero-order chi connectivity index (χ0) is 19.4. The number of benzene rings is 2. The monoisotopic (exact) mass is 367 g/mol. The Morgan fingerprint density at radius 3 is 2.70 bits per heavy atom. The number of likely N-dealkylation sites (tertiary alicyclic amines) is 1. The van der Waals surface area contributed by atoms with E-state index < -0.39 is 0 Å². The van der Waals surface area contributed by atoms with Gasteiger partial charge in [0.25, 0.3) is 0 Å². The SMILES string of the molecule is CC(NC(=O)CN1CCCC(C(=O)N(C)C)C1)c1cccc2ccccc12. The maximum atomic E-state index is 12.6. The van der Waals surface area contributed by atoms with Crippen LogP contribution in [0.2, 0.25) is 0 Å². The highest BCUT2D eigenvalue weighted by Crippen LogP contribution is 2.24. The van der Waals surface area contributed by atoms with Gasteiger partial charge in [-0.15, -0.1) is 0 Å². The van der Waals surface area contributed by atoms with Crippen molar-refractivity contribution in [3.8, 4) is 0 Å². The van der Waals surface area contributed by atoms with Crippen LogP contribution >= 0.6 is 0 Å². The van der Waals surface area contributed by atoms with Crippen LogP contribution in [0, 0.1) is 5.92 Å².